The van der Waals surface area contributed by atoms with Crippen LogP contribution in [0.4, 0.5) is 0 Å². The molecule has 0 unspecified atom stereocenters. The molecule has 15 heavy (non-hydrogen) atoms. The molecule has 0 spiro atoms. The number of phenols is 1. The molecule has 0 saturated heterocycles. The zero-order chi connectivity index (χ0) is 12.1. The van der Waals surface area contributed by atoms with Crippen molar-refractivity contribution < 1.29 is 13.5 Å². The highest BCUT2D eigenvalue weighted by Gasteiger charge is 2.04. The number of hydrogen-bond acceptors (Lipinski definition) is 3. The van der Waals surface area contributed by atoms with Crippen molar-refractivity contribution in [1.29, 1.82) is 0 Å². The molecule has 0 aliphatic rings. The third-order valence-electron chi connectivity index (χ3n) is 1.26. The molecular weight excluding hydrogens is 212 g/mol. The summed E-state index contributed by atoms with van der Waals surface area (Å²) < 4.78 is 21.7. The summed E-state index contributed by atoms with van der Waals surface area (Å²) in [4.78, 5) is 0.218. The summed E-state index contributed by atoms with van der Waals surface area (Å²) in [6.07, 6.45) is 1.12. The Balaban J connectivity index is 0.000000423. The number of benzene rings is 1. The number of aromatic hydroxyl groups is 1. The van der Waals surface area contributed by atoms with Gasteiger partial charge in [0.25, 0.3) is 0 Å². The van der Waals surface area contributed by atoms with Crippen molar-refractivity contribution in [1.82, 2.24) is 0 Å². The average Bonchev–Trinajstić information content (AvgIpc) is 2.01. The minimum absolute atomic E-state index is 0.0670. The molecule has 86 valence electrons. The van der Waals surface area contributed by atoms with E-state index in [-0.39, 0.29) is 10.6 Å². The molecule has 0 aromatic heterocycles. The fourth-order valence-electron chi connectivity index (χ4n) is 0.693. The smallest absolute Gasteiger partial charge is 0.175 e. The van der Waals surface area contributed by atoms with Gasteiger partial charge in [-0.2, -0.15) is 0 Å². The highest BCUT2D eigenvalue weighted by Crippen LogP contribution is 2.13. The van der Waals surface area contributed by atoms with Gasteiger partial charge in [0.15, 0.2) is 9.84 Å². The SMILES string of the molecule is CC(C)C.CS(=O)(=O)c1ccc(O)cc1. The second kappa shape index (κ2) is 5.75. The quantitative estimate of drug-likeness (QED) is 0.806. The maximum absolute atomic E-state index is 10.9. The first-order valence-electron chi connectivity index (χ1n) is 4.72. The summed E-state index contributed by atoms with van der Waals surface area (Å²) >= 11 is 0. The standard InChI is InChI=1S/C7H8O3S.C4H10/c1-11(9,10)7-4-2-6(8)3-5-7;1-4(2)3/h2-5,8H,1H3;4H,1-3H3. The maximum atomic E-state index is 10.9. The number of phenolic OH excluding ortho intramolecular Hbond substituents is 1. The molecule has 0 radical (unpaired) electrons. The molecule has 3 nitrogen and oxygen atoms in total. The molecule has 1 rings (SSSR count). The van der Waals surface area contributed by atoms with E-state index in [1.807, 2.05) is 0 Å². The summed E-state index contributed by atoms with van der Waals surface area (Å²) in [5.41, 5.74) is 0. The van der Waals surface area contributed by atoms with Crippen molar-refractivity contribution in [2.24, 2.45) is 5.92 Å². The average molecular weight is 230 g/mol. The van der Waals surface area contributed by atoms with E-state index in [4.69, 9.17) is 5.11 Å². The molecule has 1 aromatic rings. The van der Waals surface area contributed by atoms with E-state index < -0.39 is 9.84 Å². The van der Waals surface area contributed by atoms with Crippen molar-refractivity contribution >= 4 is 9.84 Å². The van der Waals surface area contributed by atoms with Gasteiger partial charge < -0.3 is 5.11 Å². The van der Waals surface area contributed by atoms with Crippen molar-refractivity contribution in [2.75, 3.05) is 6.26 Å². The lowest BCUT2D eigenvalue weighted by atomic mass is 10.3. The third kappa shape index (κ3) is 6.96. The van der Waals surface area contributed by atoms with E-state index >= 15 is 0 Å². The van der Waals surface area contributed by atoms with Gasteiger partial charge in [-0.15, -0.1) is 0 Å². The maximum Gasteiger partial charge on any atom is 0.175 e. The first-order chi connectivity index (χ1) is 6.73. The van der Waals surface area contributed by atoms with Crippen LogP contribution in [0.25, 0.3) is 0 Å². The van der Waals surface area contributed by atoms with Crippen molar-refractivity contribution in [3.05, 3.63) is 24.3 Å². The van der Waals surface area contributed by atoms with Crippen molar-refractivity contribution in [3.8, 4) is 5.75 Å². The van der Waals surface area contributed by atoms with Crippen LogP contribution in [0.15, 0.2) is 29.2 Å². The lowest BCUT2D eigenvalue weighted by Gasteiger charge is -1.96. The van der Waals surface area contributed by atoms with Gasteiger partial charge >= 0.3 is 0 Å². The van der Waals surface area contributed by atoms with E-state index in [0.717, 1.165) is 12.2 Å². The van der Waals surface area contributed by atoms with Crippen LogP contribution >= 0.6 is 0 Å². The largest absolute Gasteiger partial charge is 0.508 e. The zero-order valence-corrected chi connectivity index (χ0v) is 10.4. The topological polar surface area (TPSA) is 54.4 Å². The predicted molar refractivity (Wildman–Crippen MR) is 61.7 cm³/mol. The molecule has 0 bridgehead atoms. The van der Waals surface area contributed by atoms with Crippen LogP contribution in [-0.4, -0.2) is 19.8 Å². The first-order valence-corrected chi connectivity index (χ1v) is 6.61. The monoisotopic (exact) mass is 230 g/mol. The lowest BCUT2D eigenvalue weighted by molar-refractivity contribution is 0.475. The predicted octanol–water partition coefficient (Wildman–Crippen LogP) is 2.46. The molecule has 0 aliphatic carbocycles. The molecule has 4 heteroatoms. The Morgan fingerprint density at radius 3 is 1.67 bits per heavy atom. The van der Waals surface area contributed by atoms with Crippen LogP contribution < -0.4 is 0 Å². The molecule has 1 N–H and O–H groups in total. The molecule has 0 fully saturated rings. The molecule has 0 aliphatic heterocycles. The van der Waals surface area contributed by atoms with Crippen LogP contribution in [0.2, 0.25) is 0 Å². The van der Waals surface area contributed by atoms with E-state index in [9.17, 15) is 8.42 Å². The minimum atomic E-state index is -3.13. The molecule has 0 amide bonds. The van der Waals surface area contributed by atoms with Crippen LogP contribution in [0.1, 0.15) is 20.8 Å². The summed E-state index contributed by atoms with van der Waals surface area (Å²) in [6, 6.07) is 5.42. The third-order valence-corrected chi connectivity index (χ3v) is 2.39. The fourth-order valence-corrected chi connectivity index (χ4v) is 1.32. The number of sulfone groups is 1. The van der Waals surface area contributed by atoms with Gasteiger partial charge in [0, 0.05) is 6.26 Å². The second-order valence-corrected chi connectivity index (χ2v) is 6.01. The van der Waals surface area contributed by atoms with Gasteiger partial charge in [0.2, 0.25) is 0 Å². The Morgan fingerprint density at radius 1 is 1.07 bits per heavy atom. The van der Waals surface area contributed by atoms with E-state index in [2.05, 4.69) is 20.8 Å². The summed E-state index contributed by atoms with van der Waals surface area (Å²) in [5, 5.41) is 8.83. The number of rotatable bonds is 1. The molecular formula is C11H18O3S. The zero-order valence-electron chi connectivity index (χ0n) is 9.56. The fraction of sp³-hybridized carbons (Fsp3) is 0.455. The Bertz CT molecular complexity index is 374. The van der Waals surface area contributed by atoms with Crippen LogP contribution in [0.3, 0.4) is 0 Å². The van der Waals surface area contributed by atoms with Gasteiger partial charge in [0.1, 0.15) is 5.75 Å². The van der Waals surface area contributed by atoms with Crippen LogP contribution in [-0.2, 0) is 9.84 Å². The Morgan fingerprint density at radius 2 is 1.40 bits per heavy atom. The normalized spacial score (nSPS) is 10.7. The van der Waals surface area contributed by atoms with Gasteiger partial charge in [0.05, 0.1) is 4.90 Å². The van der Waals surface area contributed by atoms with Crippen molar-refractivity contribution in [2.45, 2.75) is 25.7 Å². The summed E-state index contributed by atoms with van der Waals surface area (Å²) in [7, 11) is -3.13. The second-order valence-electron chi connectivity index (χ2n) is 4.00. The van der Waals surface area contributed by atoms with Crippen LogP contribution in [0, 0.1) is 5.92 Å². The van der Waals surface area contributed by atoms with Crippen molar-refractivity contribution in [3.63, 3.8) is 0 Å². The Kier molecular flexibility index (Phi) is 5.36. The van der Waals surface area contributed by atoms with E-state index in [1.165, 1.54) is 24.3 Å². The summed E-state index contributed by atoms with van der Waals surface area (Å²) in [5.74, 6) is 0.900. The highest BCUT2D eigenvalue weighted by atomic mass is 32.2. The Hall–Kier alpha value is -1.03. The molecule has 0 atom stereocenters. The minimum Gasteiger partial charge on any atom is -0.508 e. The number of hydrogen-bond donors (Lipinski definition) is 1. The Labute approximate surface area is 91.7 Å². The highest BCUT2D eigenvalue weighted by molar-refractivity contribution is 7.90. The van der Waals surface area contributed by atoms with E-state index in [0.29, 0.717) is 0 Å². The first kappa shape index (κ1) is 14.0. The lowest BCUT2D eigenvalue weighted by Crippen LogP contribution is -1.95. The van der Waals surface area contributed by atoms with Gasteiger partial charge in [-0.1, -0.05) is 20.8 Å². The molecule has 0 saturated carbocycles. The van der Waals surface area contributed by atoms with Gasteiger partial charge in [-0.05, 0) is 30.2 Å². The molecule has 1 aromatic carbocycles. The summed E-state index contributed by atoms with van der Waals surface area (Å²) in [6.45, 7) is 6.50. The van der Waals surface area contributed by atoms with Crippen LogP contribution in [0.5, 0.6) is 5.75 Å². The van der Waals surface area contributed by atoms with Gasteiger partial charge in [-0.25, -0.2) is 8.42 Å². The molecule has 0 heterocycles. The van der Waals surface area contributed by atoms with Gasteiger partial charge in [-0.3, -0.25) is 0 Å². The van der Waals surface area contributed by atoms with E-state index in [1.54, 1.807) is 0 Å².